The maximum Gasteiger partial charge on any atom is 0.221 e. The van der Waals surface area contributed by atoms with Gasteiger partial charge in [-0.1, -0.05) is 6.07 Å². The van der Waals surface area contributed by atoms with Gasteiger partial charge in [-0.25, -0.2) is 4.98 Å². The molecule has 19 heavy (non-hydrogen) atoms. The molecule has 0 aliphatic heterocycles. The molecule has 2 aromatic heterocycles. The van der Waals surface area contributed by atoms with Crippen LogP contribution in [0.1, 0.15) is 10.8 Å². The van der Waals surface area contributed by atoms with E-state index in [1.807, 2.05) is 18.2 Å². The van der Waals surface area contributed by atoms with Gasteiger partial charge in [0.2, 0.25) is 5.89 Å². The lowest BCUT2D eigenvalue weighted by Crippen LogP contribution is -1.97. The van der Waals surface area contributed by atoms with Crippen LogP contribution in [0.2, 0.25) is 0 Å². The number of oxazole rings is 1. The summed E-state index contributed by atoms with van der Waals surface area (Å²) in [6, 6.07) is 9.59. The Bertz CT molecular complexity index is 661. The van der Waals surface area contributed by atoms with Crippen LogP contribution < -0.4 is 5.73 Å². The van der Waals surface area contributed by atoms with Gasteiger partial charge >= 0.3 is 0 Å². The van der Waals surface area contributed by atoms with E-state index >= 15 is 0 Å². The van der Waals surface area contributed by atoms with Gasteiger partial charge in [-0.3, -0.25) is 0 Å². The number of thiophene rings is 1. The van der Waals surface area contributed by atoms with Gasteiger partial charge in [-0.2, -0.15) is 0 Å². The van der Waals surface area contributed by atoms with Crippen molar-refractivity contribution in [2.24, 2.45) is 0 Å². The van der Waals surface area contributed by atoms with E-state index in [0.717, 1.165) is 11.9 Å². The highest BCUT2D eigenvalue weighted by Gasteiger charge is 2.06. The summed E-state index contributed by atoms with van der Waals surface area (Å²) < 4.78 is 11.1. The Morgan fingerprint density at radius 2 is 2.26 bits per heavy atom. The Kier molecular flexibility index (Phi) is 3.48. The van der Waals surface area contributed by atoms with Crippen molar-refractivity contribution >= 4 is 28.1 Å². The van der Waals surface area contributed by atoms with Crippen LogP contribution >= 0.6 is 11.3 Å². The number of nitrogens with zero attached hydrogens (tertiary/aromatic N) is 1. The van der Waals surface area contributed by atoms with Gasteiger partial charge in [-0.05, 0) is 23.6 Å². The molecule has 1 aromatic carbocycles. The summed E-state index contributed by atoms with van der Waals surface area (Å²) in [6.45, 7) is 1.06. The second kappa shape index (κ2) is 5.42. The first-order valence-corrected chi connectivity index (χ1v) is 6.94. The zero-order valence-corrected chi connectivity index (χ0v) is 11.2. The van der Waals surface area contributed by atoms with Gasteiger partial charge in [0.15, 0.2) is 5.58 Å². The zero-order chi connectivity index (χ0) is 13.1. The van der Waals surface area contributed by atoms with Crippen molar-refractivity contribution in [2.45, 2.75) is 13.0 Å². The second-order valence-electron chi connectivity index (χ2n) is 4.22. The van der Waals surface area contributed by atoms with Crippen molar-refractivity contribution in [3.8, 4) is 0 Å². The average Bonchev–Trinajstić information content (AvgIpc) is 3.02. The molecule has 0 atom stereocenters. The van der Waals surface area contributed by atoms with E-state index in [1.54, 1.807) is 17.4 Å². The topological polar surface area (TPSA) is 61.3 Å². The van der Waals surface area contributed by atoms with Crippen LogP contribution in [0.4, 0.5) is 5.69 Å². The number of rotatable bonds is 5. The first-order valence-electron chi connectivity index (χ1n) is 6.06. The van der Waals surface area contributed by atoms with Crippen LogP contribution in [0.25, 0.3) is 11.1 Å². The summed E-state index contributed by atoms with van der Waals surface area (Å²) >= 11 is 1.74. The van der Waals surface area contributed by atoms with Gasteiger partial charge in [0.05, 0.1) is 6.61 Å². The third-order valence-electron chi connectivity index (χ3n) is 2.76. The van der Waals surface area contributed by atoms with E-state index in [1.165, 1.54) is 4.88 Å². The van der Waals surface area contributed by atoms with E-state index in [0.29, 0.717) is 30.4 Å². The maximum absolute atomic E-state index is 5.69. The smallest absolute Gasteiger partial charge is 0.221 e. The molecule has 0 radical (unpaired) electrons. The Balaban J connectivity index is 1.56. The lowest BCUT2D eigenvalue weighted by atomic mass is 10.3. The predicted molar refractivity (Wildman–Crippen MR) is 76.1 cm³/mol. The molecule has 0 unspecified atom stereocenters. The molecule has 2 heterocycles. The van der Waals surface area contributed by atoms with Crippen LogP contribution in [0.3, 0.4) is 0 Å². The quantitative estimate of drug-likeness (QED) is 0.573. The molecule has 3 rings (SSSR count). The van der Waals surface area contributed by atoms with Crippen LogP contribution in [0.5, 0.6) is 0 Å². The lowest BCUT2D eigenvalue weighted by Gasteiger charge is -1.99. The van der Waals surface area contributed by atoms with E-state index in [-0.39, 0.29) is 0 Å². The normalized spacial score (nSPS) is 11.2. The van der Waals surface area contributed by atoms with Gasteiger partial charge in [0, 0.05) is 23.1 Å². The monoisotopic (exact) mass is 274 g/mol. The molecule has 3 aromatic rings. The number of aromatic nitrogens is 1. The standard InChI is InChI=1S/C14H14N2O2S/c15-10-3-4-12-13(8-10)18-14(16-12)9-17-6-5-11-2-1-7-19-11/h1-4,7-8H,5-6,9,15H2. The third kappa shape index (κ3) is 2.94. The molecule has 0 saturated carbocycles. The fourth-order valence-corrected chi connectivity index (χ4v) is 2.53. The highest BCUT2D eigenvalue weighted by molar-refractivity contribution is 7.09. The largest absolute Gasteiger partial charge is 0.438 e. The number of fused-ring (bicyclic) bond motifs is 1. The van der Waals surface area contributed by atoms with Crippen LogP contribution in [-0.2, 0) is 17.8 Å². The number of anilines is 1. The second-order valence-corrected chi connectivity index (χ2v) is 5.25. The van der Waals surface area contributed by atoms with Crippen molar-refractivity contribution in [3.63, 3.8) is 0 Å². The molecule has 0 amide bonds. The SMILES string of the molecule is Nc1ccc2nc(COCCc3cccs3)oc2c1. The predicted octanol–water partition coefficient (Wildman–Crippen LogP) is 3.23. The number of hydrogen-bond acceptors (Lipinski definition) is 5. The van der Waals surface area contributed by atoms with Gasteiger partial charge in [0.25, 0.3) is 0 Å². The molecule has 0 aliphatic rings. The fraction of sp³-hybridized carbons (Fsp3) is 0.214. The number of hydrogen-bond donors (Lipinski definition) is 1. The molecule has 0 bridgehead atoms. The molecular formula is C14H14N2O2S. The van der Waals surface area contributed by atoms with Crippen molar-refractivity contribution in [1.82, 2.24) is 4.98 Å². The molecule has 98 valence electrons. The minimum absolute atomic E-state index is 0.389. The highest BCUT2D eigenvalue weighted by atomic mass is 32.1. The number of ether oxygens (including phenoxy) is 1. The van der Waals surface area contributed by atoms with E-state index in [9.17, 15) is 0 Å². The molecule has 5 heteroatoms. The first kappa shape index (κ1) is 12.2. The summed E-state index contributed by atoms with van der Waals surface area (Å²) in [5.41, 5.74) is 7.88. The molecule has 0 aliphatic carbocycles. The number of nitrogen functional groups attached to an aromatic ring is 1. The molecule has 0 saturated heterocycles. The van der Waals surface area contributed by atoms with Crippen LogP contribution in [0.15, 0.2) is 40.1 Å². The molecule has 4 nitrogen and oxygen atoms in total. The van der Waals surface area contributed by atoms with Gasteiger partial charge in [0.1, 0.15) is 12.1 Å². The Labute approximate surface area is 114 Å². The van der Waals surface area contributed by atoms with Gasteiger partial charge in [-0.15, -0.1) is 11.3 Å². The summed E-state index contributed by atoms with van der Waals surface area (Å²) in [6.07, 6.45) is 0.921. The van der Waals surface area contributed by atoms with Crippen molar-refractivity contribution in [2.75, 3.05) is 12.3 Å². The highest BCUT2D eigenvalue weighted by Crippen LogP contribution is 2.18. The number of nitrogens with two attached hydrogens (primary N) is 1. The lowest BCUT2D eigenvalue weighted by molar-refractivity contribution is 0.107. The van der Waals surface area contributed by atoms with E-state index in [4.69, 9.17) is 14.9 Å². The minimum Gasteiger partial charge on any atom is -0.438 e. The Morgan fingerprint density at radius 3 is 3.11 bits per heavy atom. The Morgan fingerprint density at radius 1 is 1.32 bits per heavy atom. The first-order chi connectivity index (χ1) is 9.31. The minimum atomic E-state index is 0.389. The summed E-state index contributed by atoms with van der Waals surface area (Å²) in [7, 11) is 0. The molecular weight excluding hydrogens is 260 g/mol. The maximum atomic E-state index is 5.69. The zero-order valence-electron chi connectivity index (χ0n) is 10.3. The third-order valence-corrected chi connectivity index (χ3v) is 3.69. The van der Waals surface area contributed by atoms with Crippen LogP contribution in [-0.4, -0.2) is 11.6 Å². The molecule has 0 fully saturated rings. The summed E-state index contributed by atoms with van der Waals surface area (Å²) in [5.74, 6) is 0.590. The van der Waals surface area contributed by atoms with Crippen molar-refractivity contribution in [1.29, 1.82) is 0 Å². The van der Waals surface area contributed by atoms with Crippen molar-refractivity contribution in [3.05, 3.63) is 46.5 Å². The number of benzene rings is 1. The summed E-state index contributed by atoms with van der Waals surface area (Å²) in [5, 5.41) is 2.07. The van der Waals surface area contributed by atoms with E-state index < -0.39 is 0 Å². The van der Waals surface area contributed by atoms with E-state index in [2.05, 4.69) is 16.4 Å². The summed E-state index contributed by atoms with van der Waals surface area (Å²) in [4.78, 5) is 5.67. The van der Waals surface area contributed by atoms with Crippen molar-refractivity contribution < 1.29 is 9.15 Å². The van der Waals surface area contributed by atoms with Gasteiger partial charge < -0.3 is 14.9 Å². The molecule has 0 spiro atoms. The fourth-order valence-electron chi connectivity index (χ4n) is 1.84. The molecule has 2 N–H and O–H groups in total. The Hall–Kier alpha value is -1.85. The van der Waals surface area contributed by atoms with Crippen LogP contribution in [0, 0.1) is 0 Å². The average molecular weight is 274 g/mol.